The van der Waals surface area contributed by atoms with Gasteiger partial charge in [-0.2, -0.15) is 0 Å². The van der Waals surface area contributed by atoms with Crippen molar-refractivity contribution in [2.45, 2.75) is 38.9 Å². The maximum absolute atomic E-state index is 11.9. The monoisotopic (exact) mass is 267 g/mol. The Balaban J connectivity index is 1.91. The molecule has 2 rings (SSSR count). The van der Waals surface area contributed by atoms with Crippen LogP contribution in [0.25, 0.3) is 0 Å². The summed E-state index contributed by atoms with van der Waals surface area (Å²) in [5.41, 5.74) is 0.528. The molecule has 0 radical (unpaired) electrons. The summed E-state index contributed by atoms with van der Waals surface area (Å²) in [5, 5.41) is 10.0. The van der Waals surface area contributed by atoms with E-state index in [4.69, 9.17) is 9.15 Å². The largest absolute Gasteiger partial charge is 0.472 e. The Morgan fingerprint density at radius 1 is 1.53 bits per heavy atom. The molecule has 19 heavy (non-hydrogen) atoms. The summed E-state index contributed by atoms with van der Waals surface area (Å²) in [6.07, 6.45) is 3.12. The van der Waals surface area contributed by atoms with Crippen LogP contribution in [-0.2, 0) is 11.2 Å². The van der Waals surface area contributed by atoms with Crippen LogP contribution < -0.4 is 0 Å². The van der Waals surface area contributed by atoms with Crippen LogP contribution in [0.1, 0.15) is 26.3 Å². The lowest BCUT2D eigenvalue weighted by molar-refractivity contribution is 0.0270. The van der Waals surface area contributed by atoms with Crippen molar-refractivity contribution in [2.75, 3.05) is 13.1 Å². The van der Waals surface area contributed by atoms with Gasteiger partial charge in [0.05, 0.1) is 25.2 Å². The molecule has 0 aromatic carbocycles. The van der Waals surface area contributed by atoms with Crippen molar-refractivity contribution < 1.29 is 19.1 Å². The summed E-state index contributed by atoms with van der Waals surface area (Å²) in [4.78, 5) is 13.5. The van der Waals surface area contributed by atoms with Crippen molar-refractivity contribution in [3.8, 4) is 0 Å². The van der Waals surface area contributed by atoms with Gasteiger partial charge in [-0.3, -0.25) is 0 Å². The summed E-state index contributed by atoms with van der Waals surface area (Å²) in [7, 11) is 0. The van der Waals surface area contributed by atoms with Crippen LogP contribution >= 0.6 is 0 Å². The Hall–Kier alpha value is -1.49. The van der Waals surface area contributed by atoms with Gasteiger partial charge in [-0.15, -0.1) is 0 Å². The minimum absolute atomic E-state index is 0.0325. The molecule has 0 spiro atoms. The standard InChI is InChI=1S/C14H21NO4/c1-14(2,3)19-13(17)15-7-11(12(16)8-15)6-10-4-5-18-9-10/h4-5,9,11-12,16H,6-8H2,1-3H3. The average molecular weight is 267 g/mol. The molecular weight excluding hydrogens is 246 g/mol. The summed E-state index contributed by atoms with van der Waals surface area (Å²) in [6.45, 7) is 6.35. The molecule has 1 saturated heterocycles. The molecule has 1 aliphatic rings. The third-order valence-corrected chi connectivity index (χ3v) is 3.14. The molecule has 1 aromatic rings. The van der Waals surface area contributed by atoms with E-state index in [0.717, 1.165) is 5.56 Å². The number of hydrogen-bond donors (Lipinski definition) is 1. The second-order valence-corrected chi connectivity index (χ2v) is 6.05. The number of nitrogens with zero attached hydrogens (tertiary/aromatic N) is 1. The van der Waals surface area contributed by atoms with Crippen LogP contribution in [0.5, 0.6) is 0 Å². The van der Waals surface area contributed by atoms with E-state index < -0.39 is 11.7 Å². The fraction of sp³-hybridized carbons (Fsp3) is 0.643. The van der Waals surface area contributed by atoms with Gasteiger partial charge in [-0.25, -0.2) is 4.79 Å². The van der Waals surface area contributed by atoms with Gasteiger partial charge in [0, 0.05) is 12.5 Å². The van der Waals surface area contributed by atoms with Gasteiger partial charge in [0.2, 0.25) is 0 Å². The van der Waals surface area contributed by atoms with Crippen molar-refractivity contribution in [1.82, 2.24) is 4.90 Å². The first-order chi connectivity index (χ1) is 8.85. The average Bonchev–Trinajstić information content (AvgIpc) is 2.88. The van der Waals surface area contributed by atoms with E-state index in [-0.39, 0.29) is 12.0 Å². The lowest BCUT2D eigenvalue weighted by Gasteiger charge is -2.24. The number of β-amino-alcohol motifs (C(OH)–C–C–N with tert-alkyl or cyclic N) is 1. The lowest BCUT2D eigenvalue weighted by Crippen LogP contribution is -2.35. The number of amides is 1. The maximum atomic E-state index is 11.9. The number of aliphatic hydroxyl groups is 1. The van der Waals surface area contributed by atoms with Crippen LogP contribution in [0, 0.1) is 5.92 Å². The summed E-state index contributed by atoms with van der Waals surface area (Å²) in [5.74, 6) is 0.0325. The third-order valence-electron chi connectivity index (χ3n) is 3.14. The Morgan fingerprint density at radius 3 is 2.84 bits per heavy atom. The predicted octanol–water partition coefficient (Wildman–Crippen LogP) is 2.05. The molecule has 1 amide bonds. The van der Waals surface area contributed by atoms with Gasteiger partial charge in [0.25, 0.3) is 0 Å². The Morgan fingerprint density at radius 2 is 2.26 bits per heavy atom. The molecule has 1 aliphatic heterocycles. The highest BCUT2D eigenvalue weighted by Gasteiger charge is 2.36. The molecule has 5 nitrogen and oxygen atoms in total. The van der Waals surface area contributed by atoms with Gasteiger partial charge in [-0.05, 0) is 38.8 Å². The van der Waals surface area contributed by atoms with E-state index in [1.165, 1.54) is 0 Å². The predicted molar refractivity (Wildman–Crippen MR) is 69.7 cm³/mol. The van der Waals surface area contributed by atoms with Gasteiger partial charge in [0.1, 0.15) is 5.60 Å². The summed E-state index contributed by atoms with van der Waals surface area (Å²) < 4.78 is 10.3. The number of likely N-dealkylation sites (tertiary alicyclic amines) is 1. The van der Waals surface area contributed by atoms with Crippen molar-refractivity contribution in [1.29, 1.82) is 0 Å². The third kappa shape index (κ3) is 3.73. The topological polar surface area (TPSA) is 62.9 Å². The van der Waals surface area contributed by atoms with E-state index in [9.17, 15) is 9.90 Å². The van der Waals surface area contributed by atoms with Crippen molar-refractivity contribution in [2.24, 2.45) is 5.92 Å². The SMILES string of the molecule is CC(C)(C)OC(=O)N1CC(O)C(Cc2ccoc2)C1. The van der Waals surface area contributed by atoms with E-state index in [1.54, 1.807) is 17.4 Å². The second kappa shape index (κ2) is 5.25. The molecule has 1 aromatic heterocycles. The highest BCUT2D eigenvalue weighted by molar-refractivity contribution is 5.68. The quantitative estimate of drug-likeness (QED) is 0.890. The Labute approximate surface area is 113 Å². The highest BCUT2D eigenvalue weighted by Crippen LogP contribution is 2.23. The van der Waals surface area contributed by atoms with Crippen molar-refractivity contribution >= 4 is 6.09 Å². The molecule has 0 bridgehead atoms. The van der Waals surface area contributed by atoms with Crippen LogP contribution in [0.2, 0.25) is 0 Å². The molecular formula is C14H21NO4. The minimum atomic E-state index is -0.512. The number of furan rings is 1. The lowest BCUT2D eigenvalue weighted by atomic mass is 9.98. The first-order valence-corrected chi connectivity index (χ1v) is 6.52. The fourth-order valence-corrected chi connectivity index (χ4v) is 2.24. The van der Waals surface area contributed by atoms with Crippen molar-refractivity contribution in [3.63, 3.8) is 0 Å². The number of hydrogen-bond acceptors (Lipinski definition) is 4. The first kappa shape index (κ1) is 13.9. The molecule has 1 fully saturated rings. The maximum Gasteiger partial charge on any atom is 0.410 e. The number of ether oxygens (including phenoxy) is 1. The van der Waals surface area contributed by atoms with Crippen LogP contribution in [0.3, 0.4) is 0 Å². The molecule has 106 valence electrons. The zero-order valence-electron chi connectivity index (χ0n) is 11.6. The fourth-order valence-electron chi connectivity index (χ4n) is 2.24. The van der Waals surface area contributed by atoms with Crippen molar-refractivity contribution in [3.05, 3.63) is 24.2 Å². The number of carbonyl (C=O) groups excluding carboxylic acids is 1. The van der Waals surface area contributed by atoms with Gasteiger partial charge in [-0.1, -0.05) is 0 Å². The molecule has 2 atom stereocenters. The highest BCUT2D eigenvalue weighted by atomic mass is 16.6. The van der Waals surface area contributed by atoms with E-state index in [1.807, 2.05) is 26.8 Å². The van der Waals surface area contributed by atoms with Crippen LogP contribution in [-0.4, -0.2) is 40.9 Å². The molecule has 2 unspecified atom stereocenters. The number of aliphatic hydroxyl groups excluding tert-OH is 1. The molecule has 0 saturated carbocycles. The first-order valence-electron chi connectivity index (χ1n) is 6.52. The molecule has 2 heterocycles. The van der Waals surface area contributed by atoms with E-state index >= 15 is 0 Å². The molecule has 5 heteroatoms. The van der Waals surface area contributed by atoms with Gasteiger partial charge < -0.3 is 19.2 Å². The Kier molecular flexibility index (Phi) is 3.85. The van der Waals surface area contributed by atoms with E-state index in [2.05, 4.69) is 0 Å². The molecule has 1 N–H and O–H groups in total. The summed E-state index contributed by atoms with van der Waals surface area (Å²) >= 11 is 0. The number of carbonyl (C=O) groups is 1. The zero-order chi connectivity index (χ0) is 14.0. The molecule has 0 aliphatic carbocycles. The number of rotatable bonds is 2. The minimum Gasteiger partial charge on any atom is -0.472 e. The summed E-state index contributed by atoms with van der Waals surface area (Å²) in [6, 6.07) is 1.88. The van der Waals surface area contributed by atoms with Crippen LogP contribution in [0.4, 0.5) is 4.79 Å². The second-order valence-electron chi connectivity index (χ2n) is 6.05. The van der Waals surface area contributed by atoms with Gasteiger partial charge in [0.15, 0.2) is 0 Å². The zero-order valence-corrected chi connectivity index (χ0v) is 11.6. The van der Waals surface area contributed by atoms with Gasteiger partial charge >= 0.3 is 6.09 Å². The van der Waals surface area contributed by atoms with Crippen LogP contribution in [0.15, 0.2) is 23.0 Å². The van der Waals surface area contributed by atoms with E-state index in [0.29, 0.717) is 19.5 Å². The Bertz CT molecular complexity index is 421. The normalized spacial score (nSPS) is 23.7. The smallest absolute Gasteiger partial charge is 0.410 e.